The predicted molar refractivity (Wildman–Crippen MR) is 46.7 cm³/mol. The van der Waals surface area contributed by atoms with Crippen LogP contribution in [0.3, 0.4) is 0 Å². The van der Waals surface area contributed by atoms with Crippen molar-refractivity contribution in [2.45, 2.75) is 32.9 Å². The third kappa shape index (κ3) is 3.05. The van der Waals surface area contributed by atoms with E-state index in [4.69, 9.17) is 0 Å². The maximum atomic E-state index is 12.1. The van der Waals surface area contributed by atoms with Crippen LogP contribution in [-0.2, 0) is 12.6 Å². The molecule has 1 N–H and O–H groups in total. The first-order chi connectivity index (χ1) is 6.39. The average molecular weight is 206 g/mol. The van der Waals surface area contributed by atoms with Gasteiger partial charge in [-0.05, 0) is 24.8 Å². The summed E-state index contributed by atoms with van der Waals surface area (Å²) in [6.45, 7) is 4.06. The highest BCUT2D eigenvalue weighted by Gasteiger charge is 2.33. The predicted octanol–water partition coefficient (Wildman–Crippen LogP) is 3.02. The summed E-state index contributed by atoms with van der Waals surface area (Å²) in [5, 5.41) is 5.61. The molecule has 0 fully saturated rings. The molecular weight excluding hydrogens is 193 g/mol. The molecule has 0 radical (unpaired) electrons. The first-order valence-corrected chi connectivity index (χ1v) is 4.51. The molecule has 14 heavy (non-hydrogen) atoms. The lowest BCUT2D eigenvalue weighted by molar-refractivity contribution is -0.141. The quantitative estimate of drug-likeness (QED) is 0.809. The smallest absolute Gasteiger partial charge is 0.282 e. The van der Waals surface area contributed by atoms with Crippen LogP contribution in [0.5, 0.6) is 0 Å². The number of aromatic nitrogens is 2. The fraction of sp³-hybridized carbons (Fsp3) is 0.667. The van der Waals surface area contributed by atoms with E-state index in [1.807, 2.05) is 13.8 Å². The summed E-state index contributed by atoms with van der Waals surface area (Å²) in [5.41, 5.74) is -0.290. The van der Waals surface area contributed by atoms with Crippen LogP contribution in [0.2, 0.25) is 0 Å². The summed E-state index contributed by atoms with van der Waals surface area (Å²) in [4.78, 5) is 0. The lowest BCUT2D eigenvalue weighted by Crippen LogP contribution is -2.04. The van der Waals surface area contributed by atoms with Gasteiger partial charge in [-0.1, -0.05) is 13.8 Å². The van der Waals surface area contributed by atoms with E-state index in [-0.39, 0.29) is 0 Å². The molecule has 80 valence electrons. The van der Waals surface area contributed by atoms with Gasteiger partial charge >= 0.3 is 6.18 Å². The molecule has 5 heteroatoms. The van der Waals surface area contributed by atoms with Crippen LogP contribution in [0, 0.1) is 5.92 Å². The Bertz CT molecular complexity index is 288. The molecule has 0 unspecified atom stereocenters. The molecule has 0 bridgehead atoms. The van der Waals surface area contributed by atoms with Crippen molar-refractivity contribution in [2.75, 3.05) is 0 Å². The van der Waals surface area contributed by atoms with Crippen molar-refractivity contribution in [3.63, 3.8) is 0 Å². The van der Waals surface area contributed by atoms with Crippen LogP contribution >= 0.6 is 0 Å². The van der Waals surface area contributed by atoms with E-state index in [1.54, 1.807) is 0 Å². The standard InChI is InChI=1S/C9H13F3N2/c1-6(2)3-4-7-5-8(14-13-7)9(10,11)12/h5-6H,3-4H2,1-2H3,(H,13,14). The molecule has 2 nitrogen and oxygen atoms in total. The molecule has 1 rings (SSSR count). The van der Waals surface area contributed by atoms with Gasteiger partial charge < -0.3 is 0 Å². The number of hydrogen-bond donors (Lipinski definition) is 1. The van der Waals surface area contributed by atoms with Crippen molar-refractivity contribution in [1.82, 2.24) is 10.2 Å². The lowest BCUT2D eigenvalue weighted by Gasteiger charge is -2.01. The highest BCUT2D eigenvalue weighted by Crippen LogP contribution is 2.27. The Hall–Kier alpha value is -1.00. The molecule has 0 atom stereocenters. The van der Waals surface area contributed by atoms with Crippen molar-refractivity contribution in [3.05, 3.63) is 17.5 Å². The van der Waals surface area contributed by atoms with Crippen molar-refractivity contribution in [3.8, 4) is 0 Å². The van der Waals surface area contributed by atoms with E-state index in [2.05, 4.69) is 10.2 Å². The van der Waals surface area contributed by atoms with Crippen molar-refractivity contribution in [1.29, 1.82) is 0 Å². The Morgan fingerprint density at radius 1 is 1.43 bits per heavy atom. The summed E-state index contributed by atoms with van der Waals surface area (Å²) >= 11 is 0. The molecule has 1 aromatic rings. The second-order valence-electron chi connectivity index (χ2n) is 3.71. The Balaban J connectivity index is 2.60. The highest BCUT2D eigenvalue weighted by atomic mass is 19.4. The van der Waals surface area contributed by atoms with Gasteiger partial charge in [-0.3, -0.25) is 5.10 Å². The van der Waals surface area contributed by atoms with Gasteiger partial charge in [0.2, 0.25) is 0 Å². The van der Waals surface area contributed by atoms with Gasteiger partial charge in [0.25, 0.3) is 0 Å². The first kappa shape index (κ1) is 11.1. The molecule has 0 spiro atoms. The van der Waals surface area contributed by atoms with E-state index < -0.39 is 11.9 Å². The molecule has 0 aliphatic carbocycles. The third-order valence-corrected chi connectivity index (χ3v) is 1.91. The molecule has 0 saturated heterocycles. The number of aryl methyl sites for hydroxylation is 1. The van der Waals surface area contributed by atoms with Crippen LogP contribution < -0.4 is 0 Å². The minimum absolute atomic E-state index is 0.479. The second kappa shape index (κ2) is 4.02. The summed E-state index contributed by atoms with van der Waals surface area (Å²) < 4.78 is 36.4. The Labute approximate surface area is 80.5 Å². The molecule has 0 aliphatic rings. The molecular formula is C9H13F3N2. The maximum absolute atomic E-state index is 12.1. The minimum Gasteiger partial charge on any atom is -0.282 e. The lowest BCUT2D eigenvalue weighted by atomic mass is 10.1. The topological polar surface area (TPSA) is 28.7 Å². The number of hydrogen-bond acceptors (Lipinski definition) is 1. The second-order valence-corrected chi connectivity index (χ2v) is 3.71. The van der Waals surface area contributed by atoms with E-state index in [0.717, 1.165) is 12.5 Å². The Kier molecular flexibility index (Phi) is 3.18. The normalized spacial score (nSPS) is 12.4. The van der Waals surface area contributed by atoms with Crippen molar-refractivity contribution in [2.24, 2.45) is 5.92 Å². The number of halogens is 3. The first-order valence-electron chi connectivity index (χ1n) is 4.51. The molecule has 0 aliphatic heterocycles. The van der Waals surface area contributed by atoms with Crippen molar-refractivity contribution >= 4 is 0 Å². The van der Waals surface area contributed by atoms with E-state index in [0.29, 0.717) is 18.0 Å². The van der Waals surface area contributed by atoms with E-state index in [9.17, 15) is 13.2 Å². The zero-order valence-electron chi connectivity index (χ0n) is 8.15. The molecule has 0 aromatic carbocycles. The van der Waals surface area contributed by atoms with E-state index in [1.165, 1.54) is 0 Å². The summed E-state index contributed by atoms with van der Waals surface area (Å²) in [5.74, 6) is 0.479. The number of H-pyrrole nitrogens is 1. The van der Waals surface area contributed by atoms with Gasteiger partial charge in [-0.25, -0.2) is 0 Å². The number of rotatable bonds is 3. The monoisotopic (exact) mass is 206 g/mol. The molecule has 0 amide bonds. The fourth-order valence-electron chi connectivity index (χ4n) is 1.08. The van der Waals surface area contributed by atoms with Crippen LogP contribution in [0.25, 0.3) is 0 Å². The summed E-state index contributed by atoms with van der Waals surface area (Å²) in [6, 6.07) is 1.07. The van der Waals surface area contributed by atoms with Gasteiger partial charge in [0.1, 0.15) is 0 Å². The Morgan fingerprint density at radius 3 is 2.50 bits per heavy atom. The molecule has 1 heterocycles. The van der Waals surface area contributed by atoms with Crippen LogP contribution in [0.15, 0.2) is 6.07 Å². The van der Waals surface area contributed by atoms with Crippen LogP contribution in [0.1, 0.15) is 31.7 Å². The Morgan fingerprint density at radius 2 is 2.07 bits per heavy atom. The molecule has 0 saturated carbocycles. The van der Waals surface area contributed by atoms with Gasteiger partial charge in [-0.15, -0.1) is 0 Å². The third-order valence-electron chi connectivity index (χ3n) is 1.91. The average Bonchev–Trinajstić information content (AvgIpc) is 2.47. The van der Waals surface area contributed by atoms with Crippen LogP contribution in [-0.4, -0.2) is 10.2 Å². The maximum Gasteiger partial charge on any atom is 0.435 e. The summed E-state index contributed by atoms with van der Waals surface area (Å²) in [6.07, 6.45) is -2.87. The van der Waals surface area contributed by atoms with E-state index >= 15 is 0 Å². The SMILES string of the molecule is CC(C)CCc1cc(C(F)(F)F)n[nH]1. The van der Waals surface area contributed by atoms with Crippen molar-refractivity contribution < 1.29 is 13.2 Å². The van der Waals surface area contributed by atoms with Crippen LogP contribution in [0.4, 0.5) is 13.2 Å². The van der Waals surface area contributed by atoms with Gasteiger partial charge in [0, 0.05) is 5.69 Å². The number of alkyl halides is 3. The highest BCUT2D eigenvalue weighted by molar-refractivity contribution is 5.11. The zero-order chi connectivity index (χ0) is 10.8. The summed E-state index contributed by atoms with van der Waals surface area (Å²) in [7, 11) is 0. The number of aromatic amines is 1. The number of nitrogens with zero attached hydrogens (tertiary/aromatic N) is 1. The van der Waals surface area contributed by atoms with Gasteiger partial charge in [-0.2, -0.15) is 18.3 Å². The molecule has 1 aromatic heterocycles. The number of nitrogens with one attached hydrogen (secondary N) is 1. The minimum atomic E-state index is -4.34. The zero-order valence-corrected chi connectivity index (χ0v) is 8.15. The largest absolute Gasteiger partial charge is 0.435 e. The van der Waals surface area contributed by atoms with Gasteiger partial charge in [0.15, 0.2) is 5.69 Å². The van der Waals surface area contributed by atoms with Gasteiger partial charge in [0.05, 0.1) is 0 Å². The fourth-order valence-corrected chi connectivity index (χ4v) is 1.08.